The maximum Gasteiger partial charge on any atom is 0.322 e. The summed E-state index contributed by atoms with van der Waals surface area (Å²) in [5.74, 6) is -1.90. The molecular formula is C14H21N3O5S. The van der Waals surface area contributed by atoms with Crippen molar-refractivity contribution in [2.45, 2.75) is 37.6 Å². The molecule has 0 unspecified atom stereocenters. The lowest BCUT2D eigenvalue weighted by Crippen LogP contribution is -2.44. The van der Waals surface area contributed by atoms with Gasteiger partial charge in [0.25, 0.3) is 5.91 Å². The number of carbonyl (C=O) groups excluding carboxylic acids is 1. The highest BCUT2D eigenvalue weighted by molar-refractivity contribution is 7.89. The molecule has 0 radical (unpaired) electrons. The summed E-state index contributed by atoms with van der Waals surface area (Å²) in [6.45, 7) is 4.54. The first-order valence-electron chi connectivity index (χ1n) is 7.45. The topological polar surface area (TPSA) is 120 Å². The van der Waals surface area contributed by atoms with Crippen LogP contribution in [-0.4, -0.2) is 54.4 Å². The molecule has 1 aliphatic rings. The Morgan fingerprint density at radius 3 is 2.43 bits per heavy atom. The van der Waals surface area contributed by atoms with Gasteiger partial charge in [-0.15, -0.1) is 0 Å². The average Bonchev–Trinajstić information content (AvgIpc) is 3.14. The predicted molar refractivity (Wildman–Crippen MR) is 82.5 cm³/mol. The normalized spacial score (nSPS) is 16.7. The molecule has 0 bridgehead atoms. The van der Waals surface area contributed by atoms with Crippen LogP contribution in [0.2, 0.25) is 0 Å². The van der Waals surface area contributed by atoms with Crippen molar-refractivity contribution in [1.82, 2.24) is 14.6 Å². The van der Waals surface area contributed by atoms with E-state index in [1.165, 1.54) is 12.3 Å². The predicted octanol–water partition coefficient (Wildman–Crippen LogP) is 0.638. The van der Waals surface area contributed by atoms with Crippen LogP contribution in [-0.2, 0) is 14.8 Å². The number of sulfonamides is 1. The van der Waals surface area contributed by atoms with E-state index >= 15 is 0 Å². The number of nitrogens with zero attached hydrogens (tertiary/aromatic N) is 1. The minimum atomic E-state index is -4.02. The maximum atomic E-state index is 12.3. The molecule has 9 heteroatoms. The number of hydrogen-bond donors (Lipinski definition) is 3. The summed E-state index contributed by atoms with van der Waals surface area (Å²) in [5, 5.41) is 9.10. The molecule has 2 rings (SSSR count). The Hall–Kier alpha value is -1.87. The van der Waals surface area contributed by atoms with Gasteiger partial charge in [-0.25, -0.2) is 8.42 Å². The molecule has 1 saturated heterocycles. The number of aromatic nitrogens is 1. The number of carbonyl (C=O) groups is 2. The summed E-state index contributed by atoms with van der Waals surface area (Å²) in [6.07, 6.45) is 3.08. The number of aromatic amines is 1. The Morgan fingerprint density at radius 1 is 1.30 bits per heavy atom. The molecule has 0 spiro atoms. The Bertz CT molecular complexity index is 689. The zero-order valence-corrected chi connectivity index (χ0v) is 13.9. The molecule has 1 aromatic heterocycles. The number of likely N-dealkylation sites (tertiary alicyclic amines) is 1. The van der Waals surface area contributed by atoms with Gasteiger partial charge in [0.05, 0.1) is 0 Å². The lowest BCUT2D eigenvalue weighted by molar-refractivity contribution is -0.140. The number of aliphatic carboxylic acids is 1. The Morgan fingerprint density at radius 2 is 1.91 bits per heavy atom. The van der Waals surface area contributed by atoms with Crippen molar-refractivity contribution in [2.24, 2.45) is 5.92 Å². The van der Waals surface area contributed by atoms with Crippen molar-refractivity contribution in [1.29, 1.82) is 0 Å². The van der Waals surface area contributed by atoms with E-state index in [1.807, 2.05) is 0 Å². The van der Waals surface area contributed by atoms with Crippen LogP contribution < -0.4 is 4.72 Å². The second-order valence-electron chi connectivity index (χ2n) is 5.93. The Balaban J connectivity index is 2.17. The summed E-state index contributed by atoms with van der Waals surface area (Å²) >= 11 is 0. The van der Waals surface area contributed by atoms with Crippen LogP contribution in [0.15, 0.2) is 17.2 Å². The summed E-state index contributed by atoms with van der Waals surface area (Å²) in [6, 6.07) is 0.00927. The highest BCUT2D eigenvalue weighted by Crippen LogP contribution is 2.17. The average molecular weight is 343 g/mol. The number of H-pyrrole nitrogens is 1. The zero-order chi connectivity index (χ0) is 17.2. The van der Waals surface area contributed by atoms with Gasteiger partial charge in [0.15, 0.2) is 0 Å². The van der Waals surface area contributed by atoms with Crippen LogP contribution >= 0.6 is 0 Å². The molecule has 3 N–H and O–H groups in total. The van der Waals surface area contributed by atoms with Crippen LogP contribution in [0.25, 0.3) is 0 Å². The minimum Gasteiger partial charge on any atom is -0.480 e. The molecule has 2 heterocycles. The summed E-state index contributed by atoms with van der Waals surface area (Å²) in [7, 11) is -4.02. The van der Waals surface area contributed by atoms with Gasteiger partial charge in [-0.3, -0.25) is 9.59 Å². The van der Waals surface area contributed by atoms with E-state index in [4.69, 9.17) is 5.11 Å². The van der Waals surface area contributed by atoms with Gasteiger partial charge in [-0.2, -0.15) is 4.72 Å². The number of carboxylic acid groups (broad SMARTS) is 1. The van der Waals surface area contributed by atoms with E-state index in [9.17, 15) is 18.0 Å². The van der Waals surface area contributed by atoms with Crippen LogP contribution in [0, 0.1) is 5.92 Å². The third-order valence-electron chi connectivity index (χ3n) is 3.81. The summed E-state index contributed by atoms with van der Waals surface area (Å²) < 4.78 is 26.7. The first-order valence-corrected chi connectivity index (χ1v) is 8.93. The van der Waals surface area contributed by atoms with E-state index in [0.717, 1.165) is 12.8 Å². The maximum absolute atomic E-state index is 12.3. The molecular weight excluding hydrogens is 322 g/mol. The lowest BCUT2D eigenvalue weighted by atomic mass is 10.1. The molecule has 1 aliphatic heterocycles. The minimum absolute atomic E-state index is 0.146. The molecule has 128 valence electrons. The Labute approximate surface area is 134 Å². The number of carboxylic acids is 1. The van der Waals surface area contributed by atoms with E-state index < -0.39 is 28.0 Å². The fraction of sp³-hybridized carbons (Fsp3) is 0.571. The first-order chi connectivity index (χ1) is 10.7. The monoisotopic (exact) mass is 343 g/mol. The number of rotatable bonds is 6. The van der Waals surface area contributed by atoms with E-state index in [-0.39, 0.29) is 16.5 Å². The van der Waals surface area contributed by atoms with Gasteiger partial charge >= 0.3 is 5.97 Å². The van der Waals surface area contributed by atoms with E-state index in [2.05, 4.69) is 9.71 Å². The molecule has 1 amide bonds. The van der Waals surface area contributed by atoms with Crippen LogP contribution in [0.4, 0.5) is 0 Å². The Kier molecular flexibility index (Phi) is 5.10. The second kappa shape index (κ2) is 6.71. The van der Waals surface area contributed by atoms with Crippen LogP contribution in [0.1, 0.15) is 37.2 Å². The number of nitrogens with one attached hydrogen (secondary N) is 2. The third kappa shape index (κ3) is 3.91. The van der Waals surface area contributed by atoms with Crippen molar-refractivity contribution < 1.29 is 23.1 Å². The van der Waals surface area contributed by atoms with E-state index in [1.54, 1.807) is 18.7 Å². The van der Waals surface area contributed by atoms with Gasteiger partial charge < -0.3 is 15.0 Å². The molecule has 1 fully saturated rings. The zero-order valence-electron chi connectivity index (χ0n) is 13.1. The van der Waals surface area contributed by atoms with Crippen molar-refractivity contribution in [3.05, 3.63) is 18.0 Å². The SMILES string of the molecule is CC(C)[C@H](NS(=O)(=O)c1c[nH]c(C(=O)N2CCCC2)c1)C(=O)O. The second-order valence-corrected chi connectivity index (χ2v) is 7.64. The molecule has 0 aliphatic carbocycles. The van der Waals surface area contributed by atoms with Crippen LogP contribution in [0.5, 0.6) is 0 Å². The molecule has 1 atom stereocenters. The quantitative estimate of drug-likeness (QED) is 0.700. The fourth-order valence-corrected chi connectivity index (χ4v) is 3.78. The molecule has 8 nitrogen and oxygen atoms in total. The van der Waals surface area contributed by atoms with Gasteiger partial charge in [-0.1, -0.05) is 13.8 Å². The summed E-state index contributed by atoms with van der Waals surface area (Å²) in [4.78, 5) is 27.5. The first kappa shape index (κ1) is 17.5. The molecule has 0 aromatic carbocycles. The highest BCUT2D eigenvalue weighted by Gasteiger charge is 2.29. The van der Waals surface area contributed by atoms with Crippen molar-refractivity contribution in [3.63, 3.8) is 0 Å². The standard InChI is InChI=1S/C14H21N3O5S/c1-9(2)12(14(19)20)16-23(21,22)10-7-11(15-8-10)13(18)17-5-3-4-6-17/h7-9,12,15-16H,3-6H2,1-2H3,(H,19,20)/t12-/m0/s1. The van der Waals surface area contributed by atoms with Crippen molar-refractivity contribution in [3.8, 4) is 0 Å². The molecule has 0 saturated carbocycles. The molecule has 23 heavy (non-hydrogen) atoms. The van der Waals surface area contributed by atoms with Gasteiger partial charge in [0.2, 0.25) is 10.0 Å². The number of hydrogen-bond acceptors (Lipinski definition) is 4. The third-order valence-corrected chi connectivity index (χ3v) is 5.23. The van der Waals surface area contributed by atoms with Gasteiger partial charge in [-0.05, 0) is 24.8 Å². The smallest absolute Gasteiger partial charge is 0.322 e. The lowest BCUT2D eigenvalue weighted by Gasteiger charge is -2.17. The van der Waals surface area contributed by atoms with Gasteiger partial charge in [0.1, 0.15) is 16.6 Å². The van der Waals surface area contributed by atoms with Gasteiger partial charge in [0, 0.05) is 19.3 Å². The largest absolute Gasteiger partial charge is 0.480 e. The molecule has 1 aromatic rings. The van der Waals surface area contributed by atoms with Crippen LogP contribution in [0.3, 0.4) is 0 Å². The van der Waals surface area contributed by atoms with E-state index in [0.29, 0.717) is 13.1 Å². The fourth-order valence-electron chi connectivity index (χ4n) is 2.45. The highest BCUT2D eigenvalue weighted by atomic mass is 32.2. The number of amides is 1. The summed E-state index contributed by atoms with van der Waals surface area (Å²) in [5.41, 5.74) is 0.184. The van der Waals surface area contributed by atoms with Crippen molar-refractivity contribution >= 4 is 21.9 Å². The van der Waals surface area contributed by atoms with Crippen molar-refractivity contribution in [2.75, 3.05) is 13.1 Å².